The summed E-state index contributed by atoms with van der Waals surface area (Å²) >= 11 is 6.16. The van der Waals surface area contributed by atoms with Crippen LogP contribution in [0.2, 0.25) is 5.02 Å². The van der Waals surface area contributed by atoms with Gasteiger partial charge in [0.05, 0.1) is 23.2 Å². The quantitative estimate of drug-likeness (QED) is 0.938. The van der Waals surface area contributed by atoms with Crippen LogP contribution in [0, 0.1) is 0 Å². The number of ether oxygens (including phenoxy) is 1. The van der Waals surface area contributed by atoms with Gasteiger partial charge in [-0.15, -0.1) is 0 Å². The molecule has 1 unspecified atom stereocenters. The zero-order valence-electron chi connectivity index (χ0n) is 12.5. The molecule has 4 rings (SSSR count). The molecular formula is C17H16ClN3O2. The first kappa shape index (κ1) is 14.5. The van der Waals surface area contributed by atoms with E-state index in [1.807, 2.05) is 12.1 Å². The number of rotatable bonds is 3. The van der Waals surface area contributed by atoms with Gasteiger partial charge < -0.3 is 10.1 Å². The summed E-state index contributed by atoms with van der Waals surface area (Å²) in [7, 11) is 0. The first-order valence-corrected chi connectivity index (χ1v) is 8.14. The van der Waals surface area contributed by atoms with E-state index in [1.165, 1.54) is 0 Å². The maximum atomic E-state index is 12.4. The Bertz CT molecular complexity index is 744. The summed E-state index contributed by atoms with van der Waals surface area (Å²) in [5.41, 5.74) is 1.39. The van der Waals surface area contributed by atoms with Gasteiger partial charge in [0.2, 0.25) is 0 Å². The second-order valence-electron chi connectivity index (χ2n) is 5.93. The van der Waals surface area contributed by atoms with Crippen LogP contribution in [-0.4, -0.2) is 22.5 Å². The van der Waals surface area contributed by atoms with Gasteiger partial charge in [-0.05, 0) is 18.9 Å². The lowest BCUT2D eigenvalue weighted by Crippen LogP contribution is -2.32. The number of halogens is 1. The molecule has 1 aliphatic carbocycles. The third kappa shape index (κ3) is 2.88. The van der Waals surface area contributed by atoms with Gasteiger partial charge in [-0.25, -0.2) is 9.97 Å². The molecule has 0 spiro atoms. The van der Waals surface area contributed by atoms with Gasteiger partial charge in [-0.3, -0.25) is 4.79 Å². The minimum Gasteiger partial charge on any atom is -0.492 e. The number of para-hydroxylation sites is 1. The van der Waals surface area contributed by atoms with E-state index in [0.29, 0.717) is 35.3 Å². The lowest BCUT2D eigenvalue weighted by atomic mass is 10.0. The zero-order valence-corrected chi connectivity index (χ0v) is 13.2. The molecule has 6 heteroatoms. The van der Waals surface area contributed by atoms with Crippen LogP contribution in [0.25, 0.3) is 0 Å². The van der Waals surface area contributed by atoms with E-state index in [2.05, 4.69) is 15.3 Å². The van der Waals surface area contributed by atoms with Crippen molar-refractivity contribution >= 4 is 17.5 Å². The average molecular weight is 330 g/mol. The summed E-state index contributed by atoms with van der Waals surface area (Å²) in [5.74, 6) is 1.80. The number of carbonyl (C=O) groups is 1. The number of hydrogen-bond acceptors (Lipinski definition) is 4. The predicted octanol–water partition coefficient (Wildman–Crippen LogP) is 3.26. The molecule has 2 aliphatic rings. The lowest BCUT2D eigenvalue weighted by Gasteiger charge is -2.27. The molecular weight excluding hydrogens is 314 g/mol. The van der Waals surface area contributed by atoms with E-state index in [0.717, 1.165) is 24.2 Å². The molecule has 2 aromatic rings. The van der Waals surface area contributed by atoms with E-state index in [1.54, 1.807) is 18.5 Å². The van der Waals surface area contributed by atoms with Crippen LogP contribution in [0.4, 0.5) is 0 Å². The van der Waals surface area contributed by atoms with Crippen molar-refractivity contribution < 1.29 is 9.53 Å². The van der Waals surface area contributed by atoms with Crippen molar-refractivity contribution in [1.82, 2.24) is 15.3 Å². The summed E-state index contributed by atoms with van der Waals surface area (Å²) in [6.07, 6.45) is 6.21. The Morgan fingerprint density at radius 1 is 1.22 bits per heavy atom. The highest BCUT2D eigenvalue weighted by Crippen LogP contribution is 2.38. The van der Waals surface area contributed by atoms with E-state index < -0.39 is 0 Å². The fourth-order valence-corrected chi connectivity index (χ4v) is 3.02. The van der Waals surface area contributed by atoms with Crippen LogP contribution in [0.5, 0.6) is 5.75 Å². The van der Waals surface area contributed by atoms with E-state index in [9.17, 15) is 4.79 Å². The van der Waals surface area contributed by atoms with Crippen molar-refractivity contribution in [2.45, 2.75) is 31.2 Å². The summed E-state index contributed by atoms with van der Waals surface area (Å²) in [5, 5.41) is 3.59. The molecule has 1 atom stereocenters. The van der Waals surface area contributed by atoms with Gasteiger partial charge >= 0.3 is 0 Å². The minimum absolute atomic E-state index is 0.118. The van der Waals surface area contributed by atoms with Gasteiger partial charge in [-0.1, -0.05) is 23.7 Å². The number of carbonyl (C=O) groups excluding carboxylic acids is 1. The predicted molar refractivity (Wildman–Crippen MR) is 85.8 cm³/mol. The Hall–Kier alpha value is -2.14. The van der Waals surface area contributed by atoms with Crippen molar-refractivity contribution in [3.05, 3.63) is 52.6 Å². The van der Waals surface area contributed by atoms with Crippen LogP contribution >= 0.6 is 11.6 Å². The van der Waals surface area contributed by atoms with Gasteiger partial charge in [0.1, 0.15) is 11.6 Å². The molecule has 1 fully saturated rings. The Morgan fingerprint density at radius 3 is 2.74 bits per heavy atom. The molecule has 1 aromatic heterocycles. The number of nitrogens with one attached hydrogen (secondary N) is 1. The van der Waals surface area contributed by atoms with Crippen LogP contribution < -0.4 is 10.1 Å². The second kappa shape index (κ2) is 5.81. The summed E-state index contributed by atoms with van der Waals surface area (Å²) < 4.78 is 5.61. The van der Waals surface area contributed by atoms with Crippen molar-refractivity contribution in [2.24, 2.45) is 0 Å². The van der Waals surface area contributed by atoms with Crippen molar-refractivity contribution in [2.75, 3.05) is 6.61 Å². The third-order valence-corrected chi connectivity index (χ3v) is 4.51. The molecule has 1 aromatic carbocycles. The summed E-state index contributed by atoms with van der Waals surface area (Å²) in [4.78, 5) is 21.0. The summed E-state index contributed by atoms with van der Waals surface area (Å²) in [6, 6.07) is 5.46. The van der Waals surface area contributed by atoms with E-state index >= 15 is 0 Å². The molecule has 0 radical (unpaired) electrons. The maximum absolute atomic E-state index is 12.4. The van der Waals surface area contributed by atoms with Crippen LogP contribution in [0.1, 0.15) is 53.0 Å². The van der Waals surface area contributed by atoms with Crippen molar-refractivity contribution in [1.29, 1.82) is 0 Å². The molecule has 2 heterocycles. The Labute approximate surface area is 139 Å². The fraction of sp³-hybridized carbons (Fsp3) is 0.353. The van der Waals surface area contributed by atoms with Gasteiger partial charge in [-0.2, -0.15) is 0 Å². The van der Waals surface area contributed by atoms with Gasteiger partial charge in [0, 0.05) is 30.3 Å². The Balaban J connectivity index is 1.52. The van der Waals surface area contributed by atoms with Gasteiger partial charge in [0.15, 0.2) is 0 Å². The topological polar surface area (TPSA) is 64.1 Å². The molecule has 1 aliphatic heterocycles. The normalized spacial score (nSPS) is 19.6. The van der Waals surface area contributed by atoms with Crippen molar-refractivity contribution in [3.8, 4) is 5.75 Å². The van der Waals surface area contributed by atoms with E-state index in [-0.39, 0.29) is 11.9 Å². The fourth-order valence-electron chi connectivity index (χ4n) is 2.79. The molecule has 5 nitrogen and oxygen atoms in total. The maximum Gasteiger partial charge on any atom is 0.254 e. The largest absolute Gasteiger partial charge is 0.492 e. The SMILES string of the molecule is O=C(NC1CCOc2c(Cl)cccc21)c1cnc(C2CC2)nc1. The molecule has 23 heavy (non-hydrogen) atoms. The third-order valence-electron chi connectivity index (χ3n) is 4.21. The minimum atomic E-state index is -0.176. The number of fused-ring (bicyclic) bond motifs is 1. The Kier molecular flexibility index (Phi) is 3.65. The highest BCUT2D eigenvalue weighted by Gasteiger charge is 2.27. The monoisotopic (exact) mass is 329 g/mol. The number of nitrogens with zero attached hydrogens (tertiary/aromatic N) is 2. The van der Waals surface area contributed by atoms with Crippen molar-refractivity contribution in [3.63, 3.8) is 0 Å². The number of aromatic nitrogens is 2. The smallest absolute Gasteiger partial charge is 0.254 e. The molecule has 1 amide bonds. The van der Waals surface area contributed by atoms with Gasteiger partial charge in [0.25, 0.3) is 5.91 Å². The number of hydrogen-bond donors (Lipinski definition) is 1. The lowest BCUT2D eigenvalue weighted by molar-refractivity contribution is 0.0924. The Morgan fingerprint density at radius 2 is 2.00 bits per heavy atom. The number of benzene rings is 1. The highest BCUT2D eigenvalue weighted by atomic mass is 35.5. The molecule has 0 saturated heterocycles. The highest BCUT2D eigenvalue weighted by molar-refractivity contribution is 6.32. The van der Waals surface area contributed by atoms with E-state index in [4.69, 9.17) is 16.3 Å². The standard InChI is InChI=1S/C17H16ClN3O2/c18-13-3-1-2-12-14(6-7-23-15(12)13)21-17(22)11-8-19-16(20-9-11)10-4-5-10/h1-3,8-10,14H,4-7H2,(H,21,22). The second-order valence-corrected chi connectivity index (χ2v) is 6.33. The number of amides is 1. The van der Waals surface area contributed by atoms with Crippen LogP contribution in [0.3, 0.4) is 0 Å². The zero-order chi connectivity index (χ0) is 15.8. The average Bonchev–Trinajstić information content (AvgIpc) is 3.41. The van der Waals surface area contributed by atoms with Crippen LogP contribution in [0.15, 0.2) is 30.6 Å². The van der Waals surface area contributed by atoms with Crippen LogP contribution in [-0.2, 0) is 0 Å². The first-order chi connectivity index (χ1) is 11.2. The summed E-state index contributed by atoms with van der Waals surface area (Å²) in [6.45, 7) is 0.527. The molecule has 0 bridgehead atoms. The molecule has 118 valence electrons. The molecule has 1 N–H and O–H groups in total. The molecule has 1 saturated carbocycles. The first-order valence-electron chi connectivity index (χ1n) is 7.76.